The van der Waals surface area contributed by atoms with Crippen LogP contribution in [0.25, 0.3) is 0 Å². The van der Waals surface area contributed by atoms with Gasteiger partial charge in [0, 0.05) is 11.6 Å². The van der Waals surface area contributed by atoms with Gasteiger partial charge in [0.25, 0.3) is 5.69 Å². The summed E-state index contributed by atoms with van der Waals surface area (Å²) in [6.07, 6.45) is -0.799. The van der Waals surface area contributed by atoms with E-state index in [9.17, 15) is 15.2 Å². The molecule has 0 radical (unpaired) electrons. The fourth-order valence-corrected chi connectivity index (χ4v) is 1.35. The van der Waals surface area contributed by atoms with Gasteiger partial charge in [-0.2, -0.15) is 0 Å². The lowest BCUT2D eigenvalue weighted by Gasteiger charge is -2.06. The maximum Gasteiger partial charge on any atom is 0.288 e. The molecule has 1 aromatic rings. The Bertz CT molecular complexity index is 338. The second-order valence-electron chi connectivity index (χ2n) is 2.61. The molecule has 0 amide bonds. The van der Waals surface area contributed by atoms with Crippen LogP contribution in [0.4, 0.5) is 5.69 Å². The molecule has 0 bridgehead atoms. The zero-order valence-electron chi connectivity index (χ0n) is 6.90. The van der Waals surface area contributed by atoms with Crippen molar-refractivity contribution in [3.05, 3.63) is 38.9 Å². The lowest BCUT2D eigenvalue weighted by atomic mass is 10.1. The maximum absolute atomic E-state index is 10.4. The largest absolute Gasteiger partial charge is 0.389 e. The van der Waals surface area contributed by atoms with Crippen molar-refractivity contribution < 1.29 is 10.0 Å². The number of nitrogens with zero attached hydrogens (tertiary/aromatic N) is 1. The Morgan fingerprint density at radius 2 is 2.23 bits per heavy atom. The Balaban J connectivity index is 3.26. The summed E-state index contributed by atoms with van der Waals surface area (Å²) in [7, 11) is 0. The van der Waals surface area contributed by atoms with Gasteiger partial charge in [-0.15, -0.1) is 0 Å². The molecule has 0 aliphatic rings. The molecule has 0 aliphatic carbocycles. The third-order valence-corrected chi connectivity index (χ3v) is 2.07. The molecular formula is C8H8ClNO3. The molecule has 1 atom stereocenters. The Labute approximate surface area is 79.9 Å². The second kappa shape index (κ2) is 3.72. The van der Waals surface area contributed by atoms with Crippen LogP contribution in [0.5, 0.6) is 0 Å². The molecule has 70 valence electrons. The van der Waals surface area contributed by atoms with Crippen molar-refractivity contribution in [1.82, 2.24) is 0 Å². The van der Waals surface area contributed by atoms with Crippen LogP contribution < -0.4 is 0 Å². The first kappa shape index (κ1) is 9.95. The number of hydrogen-bond donors (Lipinski definition) is 1. The zero-order valence-corrected chi connectivity index (χ0v) is 7.65. The van der Waals surface area contributed by atoms with Crippen molar-refractivity contribution >= 4 is 17.3 Å². The summed E-state index contributed by atoms with van der Waals surface area (Å²) in [6, 6.07) is 4.35. The molecule has 1 unspecified atom stereocenters. The van der Waals surface area contributed by atoms with Gasteiger partial charge in [-0.05, 0) is 6.92 Å². The third-order valence-electron chi connectivity index (χ3n) is 1.65. The number of nitro benzene ring substituents is 1. The van der Waals surface area contributed by atoms with Gasteiger partial charge < -0.3 is 5.11 Å². The highest BCUT2D eigenvalue weighted by Crippen LogP contribution is 2.31. The number of benzene rings is 1. The number of rotatable bonds is 2. The first-order valence-electron chi connectivity index (χ1n) is 3.65. The smallest absolute Gasteiger partial charge is 0.288 e. The summed E-state index contributed by atoms with van der Waals surface area (Å²) in [4.78, 5) is 9.86. The van der Waals surface area contributed by atoms with E-state index in [-0.39, 0.29) is 10.7 Å². The molecule has 13 heavy (non-hydrogen) atoms. The van der Waals surface area contributed by atoms with Crippen LogP contribution in [0.15, 0.2) is 18.2 Å². The Morgan fingerprint density at radius 3 is 2.69 bits per heavy atom. The van der Waals surface area contributed by atoms with Gasteiger partial charge in [0.05, 0.1) is 11.0 Å². The molecule has 0 spiro atoms. The average molecular weight is 202 g/mol. The van der Waals surface area contributed by atoms with Crippen molar-refractivity contribution in [3.63, 3.8) is 0 Å². The van der Waals surface area contributed by atoms with E-state index in [0.717, 1.165) is 0 Å². The lowest BCUT2D eigenvalue weighted by Crippen LogP contribution is -1.96. The van der Waals surface area contributed by atoms with Gasteiger partial charge in [-0.1, -0.05) is 23.7 Å². The predicted molar refractivity (Wildman–Crippen MR) is 48.7 cm³/mol. The summed E-state index contributed by atoms with van der Waals surface area (Å²) in [5.74, 6) is 0. The minimum absolute atomic E-state index is 0.00231. The van der Waals surface area contributed by atoms with Crippen LogP contribution in [0, 0.1) is 10.1 Å². The number of aliphatic hydroxyl groups is 1. The quantitative estimate of drug-likeness (QED) is 0.590. The van der Waals surface area contributed by atoms with Crippen molar-refractivity contribution in [2.75, 3.05) is 0 Å². The summed E-state index contributed by atoms with van der Waals surface area (Å²) < 4.78 is 0. The summed E-state index contributed by atoms with van der Waals surface area (Å²) in [5, 5.41) is 19.6. The number of hydrogen-bond acceptors (Lipinski definition) is 3. The van der Waals surface area contributed by atoms with Gasteiger partial charge >= 0.3 is 0 Å². The topological polar surface area (TPSA) is 63.4 Å². The highest BCUT2D eigenvalue weighted by molar-refractivity contribution is 6.33. The first-order valence-corrected chi connectivity index (χ1v) is 4.02. The Hall–Kier alpha value is -1.13. The van der Waals surface area contributed by atoms with Gasteiger partial charge in [0.1, 0.15) is 5.02 Å². The van der Waals surface area contributed by atoms with Crippen LogP contribution in [0.3, 0.4) is 0 Å². The molecule has 0 heterocycles. The standard InChI is InChI=1S/C8H8ClNO3/c1-5(11)6-3-2-4-7(8(6)9)10(12)13/h2-5,11H,1H3. The SMILES string of the molecule is CC(O)c1cccc([N+](=O)[O-])c1Cl. The molecule has 0 saturated heterocycles. The normalized spacial score (nSPS) is 12.5. The van der Waals surface area contributed by atoms with Gasteiger partial charge in [0.15, 0.2) is 0 Å². The molecule has 1 aromatic carbocycles. The molecule has 5 heteroatoms. The third kappa shape index (κ3) is 1.96. The molecule has 0 saturated carbocycles. The lowest BCUT2D eigenvalue weighted by molar-refractivity contribution is -0.384. The van der Waals surface area contributed by atoms with Crippen molar-refractivity contribution in [2.24, 2.45) is 0 Å². The van der Waals surface area contributed by atoms with E-state index in [1.54, 1.807) is 6.07 Å². The fraction of sp³-hybridized carbons (Fsp3) is 0.250. The first-order chi connectivity index (χ1) is 6.04. The van der Waals surface area contributed by atoms with E-state index in [0.29, 0.717) is 5.56 Å². The Morgan fingerprint density at radius 1 is 1.62 bits per heavy atom. The molecule has 1 N–H and O–H groups in total. The molecular weight excluding hydrogens is 194 g/mol. The minimum atomic E-state index is -0.799. The average Bonchev–Trinajstić information content (AvgIpc) is 2.03. The molecule has 0 fully saturated rings. The minimum Gasteiger partial charge on any atom is -0.389 e. The van der Waals surface area contributed by atoms with E-state index >= 15 is 0 Å². The Kier molecular flexibility index (Phi) is 2.85. The highest BCUT2D eigenvalue weighted by atomic mass is 35.5. The zero-order chi connectivity index (χ0) is 10.0. The maximum atomic E-state index is 10.4. The van der Waals surface area contributed by atoms with Crippen LogP contribution in [-0.4, -0.2) is 10.0 Å². The highest BCUT2D eigenvalue weighted by Gasteiger charge is 2.17. The van der Waals surface area contributed by atoms with Crippen LogP contribution in [-0.2, 0) is 0 Å². The summed E-state index contributed by atoms with van der Waals surface area (Å²) >= 11 is 5.70. The van der Waals surface area contributed by atoms with E-state index in [1.165, 1.54) is 19.1 Å². The molecule has 1 rings (SSSR count). The second-order valence-corrected chi connectivity index (χ2v) is 2.99. The van der Waals surface area contributed by atoms with E-state index < -0.39 is 11.0 Å². The fourth-order valence-electron chi connectivity index (χ4n) is 1.00. The molecule has 4 nitrogen and oxygen atoms in total. The predicted octanol–water partition coefficient (Wildman–Crippen LogP) is 2.30. The van der Waals surface area contributed by atoms with Gasteiger partial charge in [-0.25, -0.2) is 0 Å². The van der Waals surface area contributed by atoms with Crippen LogP contribution >= 0.6 is 11.6 Å². The molecule has 0 aliphatic heterocycles. The monoisotopic (exact) mass is 201 g/mol. The summed E-state index contributed by atoms with van der Waals surface area (Å²) in [6.45, 7) is 1.50. The van der Waals surface area contributed by atoms with Crippen LogP contribution in [0.1, 0.15) is 18.6 Å². The van der Waals surface area contributed by atoms with Gasteiger partial charge in [0.2, 0.25) is 0 Å². The van der Waals surface area contributed by atoms with E-state index in [1.807, 2.05) is 0 Å². The number of nitro groups is 1. The number of aliphatic hydroxyl groups excluding tert-OH is 1. The van der Waals surface area contributed by atoms with Crippen molar-refractivity contribution in [3.8, 4) is 0 Å². The van der Waals surface area contributed by atoms with Crippen molar-refractivity contribution in [1.29, 1.82) is 0 Å². The number of halogens is 1. The molecule has 0 aromatic heterocycles. The van der Waals surface area contributed by atoms with Crippen molar-refractivity contribution in [2.45, 2.75) is 13.0 Å². The van der Waals surface area contributed by atoms with Crippen LogP contribution in [0.2, 0.25) is 5.02 Å². The van der Waals surface area contributed by atoms with E-state index in [2.05, 4.69) is 0 Å². The van der Waals surface area contributed by atoms with Gasteiger partial charge in [-0.3, -0.25) is 10.1 Å². The van der Waals surface area contributed by atoms with E-state index in [4.69, 9.17) is 11.6 Å². The summed E-state index contributed by atoms with van der Waals surface area (Å²) in [5.41, 5.74) is 0.191.